The molecule has 1 heteroatoms. The van der Waals surface area contributed by atoms with Crippen LogP contribution >= 0.6 is 0 Å². The largest absolute Gasteiger partial charge is 0.247 e. The highest BCUT2D eigenvalue weighted by Gasteiger charge is 2.34. The normalized spacial score (nSPS) is 40.9. The van der Waals surface area contributed by atoms with E-state index in [2.05, 4.69) is 18.8 Å². The smallest absolute Gasteiger partial charge is 0.100 e. The van der Waals surface area contributed by atoms with Gasteiger partial charge in [-0.1, -0.05) is 57.3 Å². The molecule has 4 saturated carbocycles. The van der Waals surface area contributed by atoms with Crippen LogP contribution in [-0.4, -0.2) is 6.17 Å². The fourth-order valence-electron chi connectivity index (χ4n) is 7.89. The molecule has 0 N–H and O–H groups in total. The molecule has 0 aromatic carbocycles. The van der Waals surface area contributed by atoms with Crippen LogP contribution in [0.5, 0.6) is 0 Å². The van der Waals surface area contributed by atoms with Gasteiger partial charge in [-0.2, -0.15) is 0 Å². The van der Waals surface area contributed by atoms with Gasteiger partial charge >= 0.3 is 0 Å². The SMILES string of the molecule is CCCCCC1CCC(C2CCC(C3CCC(C#CC4CCC(F)CC4)CC3)CC2)CC1. The summed E-state index contributed by atoms with van der Waals surface area (Å²) in [4.78, 5) is 0. The molecule has 0 bridgehead atoms. The summed E-state index contributed by atoms with van der Waals surface area (Å²) < 4.78 is 13.3. The van der Waals surface area contributed by atoms with Crippen LogP contribution in [0.3, 0.4) is 0 Å². The third-order valence-corrected chi connectivity index (χ3v) is 10.2. The summed E-state index contributed by atoms with van der Waals surface area (Å²) in [5, 5.41) is 0. The molecule has 4 aliphatic carbocycles. The maximum Gasteiger partial charge on any atom is 0.100 e. The highest BCUT2D eigenvalue weighted by Crippen LogP contribution is 2.46. The van der Waals surface area contributed by atoms with E-state index in [4.69, 9.17) is 0 Å². The van der Waals surface area contributed by atoms with Crippen molar-refractivity contribution in [3.63, 3.8) is 0 Å². The number of unbranched alkanes of at least 4 members (excludes halogenated alkanes) is 2. The zero-order valence-electron chi connectivity index (χ0n) is 21.1. The minimum absolute atomic E-state index is 0.487. The quantitative estimate of drug-likeness (QED) is 0.284. The second-order valence-electron chi connectivity index (χ2n) is 12.3. The van der Waals surface area contributed by atoms with Gasteiger partial charge in [-0.25, -0.2) is 4.39 Å². The van der Waals surface area contributed by atoms with Gasteiger partial charge in [0.1, 0.15) is 6.17 Å². The second-order valence-corrected chi connectivity index (χ2v) is 12.3. The van der Waals surface area contributed by atoms with Crippen LogP contribution in [0.15, 0.2) is 0 Å². The van der Waals surface area contributed by atoms with Gasteiger partial charge < -0.3 is 0 Å². The van der Waals surface area contributed by atoms with Crippen molar-refractivity contribution in [1.82, 2.24) is 0 Å². The Morgan fingerprint density at radius 1 is 0.531 bits per heavy atom. The maximum absolute atomic E-state index is 13.3. The van der Waals surface area contributed by atoms with E-state index in [-0.39, 0.29) is 0 Å². The third kappa shape index (κ3) is 7.24. The lowest BCUT2D eigenvalue weighted by molar-refractivity contribution is 0.107. The van der Waals surface area contributed by atoms with Gasteiger partial charge in [-0.3, -0.25) is 0 Å². The van der Waals surface area contributed by atoms with Crippen LogP contribution in [0, 0.1) is 53.3 Å². The summed E-state index contributed by atoms with van der Waals surface area (Å²) in [7, 11) is 0. The van der Waals surface area contributed by atoms with Crippen LogP contribution in [-0.2, 0) is 0 Å². The van der Waals surface area contributed by atoms with Gasteiger partial charge in [0, 0.05) is 11.8 Å². The number of rotatable bonds is 6. The van der Waals surface area contributed by atoms with Crippen molar-refractivity contribution in [2.45, 2.75) is 142 Å². The molecule has 0 nitrogen and oxygen atoms in total. The van der Waals surface area contributed by atoms with E-state index in [9.17, 15) is 4.39 Å². The van der Waals surface area contributed by atoms with Crippen molar-refractivity contribution in [2.24, 2.45) is 41.4 Å². The van der Waals surface area contributed by atoms with Gasteiger partial charge in [-0.05, 0) is 119 Å². The lowest BCUT2D eigenvalue weighted by atomic mass is 9.65. The number of alkyl halides is 1. The molecule has 0 aromatic heterocycles. The molecule has 0 amide bonds. The van der Waals surface area contributed by atoms with Gasteiger partial charge in [0.15, 0.2) is 0 Å². The first-order valence-corrected chi connectivity index (χ1v) is 14.9. The topological polar surface area (TPSA) is 0 Å². The summed E-state index contributed by atoms with van der Waals surface area (Å²) in [6.07, 6.45) is 26.5. The van der Waals surface area contributed by atoms with Crippen molar-refractivity contribution in [1.29, 1.82) is 0 Å². The maximum atomic E-state index is 13.3. The fraction of sp³-hybridized carbons (Fsp3) is 0.935. The first-order chi connectivity index (χ1) is 15.7. The van der Waals surface area contributed by atoms with Crippen LogP contribution < -0.4 is 0 Å². The van der Waals surface area contributed by atoms with Crippen molar-refractivity contribution in [2.75, 3.05) is 0 Å². The molecule has 0 saturated heterocycles. The van der Waals surface area contributed by atoms with E-state index < -0.39 is 6.17 Å². The minimum Gasteiger partial charge on any atom is -0.247 e. The van der Waals surface area contributed by atoms with E-state index in [0.29, 0.717) is 11.8 Å². The van der Waals surface area contributed by atoms with Crippen LogP contribution in [0.4, 0.5) is 4.39 Å². The summed E-state index contributed by atoms with van der Waals surface area (Å²) in [6.45, 7) is 2.33. The molecule has 4 fully saturated rings. The molecule has 4 aliphatic rings. The fourth-order valence-corrected chi connectivity index (χ4v) is 7.89. The zero-order chi connectivity index (χ0) is 22.2. The molecular formula is C31H51F. The predicted molar refractivity (Wildman–Crippen MR) is 135 cm³/mol. The summed E-state index contributed by atoms with van der Waals surface area (Å²) in [5.41, 5.74) is 0. The first kappa shape index (κ1) is 24.6. The molecule has 0 radical (unpaired) electrons. The van der Waals surface area contributed by atoms with Crippen LogP contribution in [0.1, 0.15) is 135 Å². The number of hydrogen-bond acceptors (Lipinski definition) is 0. The molecular weight excluding hydrogens is 391 g/mol. The Balaban J connectivity index is 1.11. The van der Waals surface area contributed by atoms with E-state index in [0.717, 1.165) is 55.3 Å². The van der Waals surface area contributed by atoms with Gasteiger partial charge in [0.05, 0.1) is 0 Å². The molecule has 182 valence electrons. The molecule has 0 aromatic rings. The summed E-state index contributed by atoms with van der Waals surface area (Å²) >= 11 is 0. The summed E-state index contributed by atoms with van der Waals surface area (Å²) in [6, 6.07) is 0. The molecule has 0 atom stereocenters. The van der Waals surface area contributed by atoms with E-state index in [1.54, 1.807) is 12.8 Å². The van der Waals surface area contributed by atoms with Crippen LogP contribution in [0.25, 0.3) is 0 Å². The molecule has 0 heterocycles. The van der Waals surface area contributed by atoms with Crippen molar-refractivity contribution in [3.05, 3.63) is 0 Å². The van der Waals surface area contributed by atoms with Gasteiger partial charge in [-0.15, -0.1) is 0 Å². The van der Waals surface area contributed by atoms with Crippen molar-refractivity contribution >= 4 is 0 Å². The predicted octanol–water partition coefficient (Wildman–Crippen LogP) is 9.52. The molecule has 4 rings (SSSR count). The molecule has 0 spiro atoms. The zero-order valence-corrected chi connectivity index (χ0v) is 21.1. The first-order valence-electron chi connectivity index (χ1n) is 14.9. The molecule has 0 unspecified atom stereocenters. The highest BCUT2D eigenvalue weighted by atomic mass is 19.1. The standard InChI is InChI=1S/C31H51F/c1-2-3-4-5-24-8-14-27(15-9-24)29-18-20-30(21-19-29)28-16-10-25(11-17-28)6-7-26-12-22-31(32)23-13-26/h24-31H,2-5,8-23H2,1H3. The second kappa shape index (κ2) is 12.8. The lowest BCUT2D eigenvalue weighted by Gasteiger charge is -2.41. The Bertz CT molecular complexity index is 567. The number of hydrogen-bond donors (Lipinski definition) is 0. The summed E-state index contributed by atoms with van der Waals surface area (Å²) in [5.74, 6) is 13.5. The molecule has 32 heavy (non-hydrogen) atoms. The Morgan fingerprint density at radius 2 is 0.938 bits per heavy atom. The Hall–Kier alpha value is -0.510. The van der Waals surface area contributed by atoms with Gasteiger partial charge in [0.25, 0.3) is 0 Å². The van der Waals surface area contributed by atoms with Crippen LogP contribution in [0.2, 0.25) is 0 Å². The average Bonchev–Trinajstić information content (AvgIpc) is 2.85. The van der Waals surface area contributed by atoms with Crippen molar-refractivity contribution < 1.29 is 4.39 Å². The Kier molecular flexibility index (Phi) is 9.85. The average molecular weight is 443 g/mol. The minimum atomic E-state index is -0.552. The van der Waals surface area contributed by atoms with E-state index >= 15 is 0 Å². The van der Waals surface area contributed by atoms with Gasteiger partial charge in [0.2, 0.25) is 0 Å². The Morgan fingerprint density at radius 3 is 1.41 bits per heavy atom. The third-order valence-electron chi connectivity index (χ3n) is 10.2. The highest BCUT2D eigenvalue weighted by molar-refractivity contribution is 5.09. The Labute approximate surface area is 199 Å². The van der Waals surface area contributed by atoms with Crippen molar-refractivity contribution in [3.8, 4) is 11.8 Å². The monoisotopic (exact) mass is 442 g/mol. The lowest BCUT2D eigenvalue weighted by Crippen LogP contribution is -2.29. The number of halogens is 1. The molecule has 0 aliphatic heterocycles. The van der Waals surface area contributed by atoms with E-state index in [1.165, 1.54) is 89.9 Å². The van der Waals surface area contributed by atoms with E-state index in [1.807, 2.05) is 0 Å².